The third kappa shape index (κ3) is 2.30. The normalized spacial score (nSPS) is 18.2. The van der Waals surface area contributed by atoms with Gasteiger partial charge >= 0.3 is 0 Å². The van der Waals surface area contributed by atoms with E-state index in [9.17, 15) is 10.2 Å². The van der Waals surface area contributed by atoms with Gasteiger partial charge in [-0.25, -0.2) is 0 Å². The third-order valence-electron chi connectivity index (χ3n) is 2.37. The first kappa shape index (κ1) is 10.7. The van der Waals surface area contributed by atoms with Crippen molar-refractivity contribution in [1.82, 2.24) is 0 Å². The summed E-state index contributed by atoms with van der Waals surface area (Å²) in [4.78, 5) is 1.15. The molecule has 2 unspecified atom stereocenters. The van der Waals surface area contributed by atoms with Crippen LogP contribution in [-0.2, 0) is 0 Å². The summed E-state index contributed by atoms with van der Waals surface area (Å²) in [5.74, 6) is 0. The maximum Gasteiger partial charge on any atom is 0.108 e. The highest BCUT2D eigenvalue weighted by atomic mass is 32.1. The Morgan fingerprint density at radius 3 is 2.62 bits per heavy atom. The van der Waals surface area contributed by atoms with Crippen molar-refractivity contribution in [3.8, 4) is 0 Å². The van der Waals surface area contributed by atoms with Crippen molar-refractivity contribution in [1.29, 1.82) is 0 Å². The SMILES string of the molecule is CCC(C)(O)C(O)c1csc(C)c1. The zero-order valence-corrected chi connectivity index (χ0v) is 9.06. The maximum absolute atomic E-state index is 9.82. The molecule has 0 aromatic carbocycles. The molecule has 74 valence electrons. The summed E-state index contributed by atoms with van der Waals surface area (Å²) in [6, 6.07) is 1.92. The highest BCUT2D eigenvalue weighted by Crippen LogP contribution is 2.30. The fraction of sp³-hybridized carbons (Fsp3) is 0.600. The molecular weight excluding hydrogens is 184 g/mol. The molecule has 0 aliphatic heterocycles. The lowest BCUT2D eigenvalue weighted by Crippen LogP contribution is -2.31. The number of hydrogen-bond acceptors (Lipinski definition) is 3. The monoisotopic (exact) mass is 200 g/mol. The first-order chi connectivity index (χ1) is 5.97. The smallest absolute Gasteiger partial charge is 0.108 e. The number of rotatable bonds is 3. The number of hydrogen-bond donors (Lipinski definition) is 2. The van der Waals surface area contributed by atoms with Gasteiger partial charge in [-0.3, -0.25) is 0 Å². The fourth-order valence-corrected chi connectivity index (χ4v) is 1.88. The van der Waals surface area contributed by atoms with Crippen molar-refractivity contribution in [3.63, 3.8) is 0 Å². The van der Waals surface area contributed by atoms with Crippen molar-refractivity contribution >= 4 is 11.3 Å². The van der Waals surface area contributed by atoms with Crippen LogP contribution < -0.4 is 0 Å². The Morgan fingerprint density at radius 1 is 1.62 bits per heavy atom. The summed E-state index contributed by atoms with van der Waals surface area (Å²) >= 11 is 1.59. The van der Waals surface area contributed by atoms with Gasteiger partial charge in [-0.2, -0.15) is 0 Å². The van der Waals surface area contributed by atoms with Crippen LogP contribution in [0, 0.1) is 6.92 Å². The molecule has 0 aliphatic carbocycles. The van der Waals surface area contributed by atoms with Gasteiger partial charge in [-0.05, 0) is 37.3 Å². The van der Waals surface area contributed by atoms with Gasteiger partial charge in [-0.1, -0.05) is 6.92 Å². The Hall–Kier alpha value is -0.380. The molecule has 0 amide bonds. The first-order valence-corrected chi connectivity index (χ1v) is 5.31. The molecule has 1 rings (SSSR count). The lowest BCUT2D eigenvalue weighted by atomic mass is 9.92. The summed E-state index contributed by atoms with van der Waals surface area (Å²) in [6.07, 6.45) is -0.231. The summed E-state index contributed by atoms with van der Waals surface area (Å²) in [7, 11) is 0. The highest BCUT2D eigenvalue weighted by molar-refractivity contribution is 7.10. The second-order valence-electron chi connectivity index (χ2n) is 3.60. The van der Waals surface area contributed by atoms with Crippen LogP contribution in [-0.4, -0.2) is 15.8 Å². The molecule has 3 heteroatoms. The maximum atomic E-state index is 9.82. The van der Waals surface area contributed by atoms with Crippen LogP contribution in [0.25, 0.3) is 0 Å². The molecule has 2 nitrogen and oxygen atoms in total. The van der Waals surface area contributed by atoms with E-state index in [4.69, 9.17) is 0 Å². The third-order valence-corrected chi connectivity index (χ3v) is 3.25. The Balaban J connectivity index is 2.84. The number of aliphatic hydroxyl groups excluding tert-OH is 1. The van der Waals surface area contributed by atoms with Gasteiger partial charge in [0.15, 0.2) is 0 Å². The van der Waals surface area contributed by atoms with E-state index in [1.165, 1.54) is 0 Å². The minimum absolute atomic E-state index is 0.545. The van der Waals surface area contributed by atoms with Crippen molar-refractivity contribution in [2.24, 2.45) is 0 Å². The van der Waals surface area contributed by atoms with E-state index in [2.05, 4.69) is 0 Å². The van der Waals surface area contributed by atoms with E-state index < -0.39 is 11.7 Å². The molecule has 13 heavy (non-hydrogen) atoms. The molecule has 0 fully saturated rings. The van der Waals surface area contributed by atoms with E-state index in [0.717, 1.165) is 10.4 Å². The van der Waals surface area contributed by atoms with E-state index in [1.54, 1.807) is 18.3 Å². The fourth-order valence-electron chi connectivity index (χ4n) is 1.16. The Morgan fingerprint density at radius 2 is 2.23 bits per heavy atom. The molecule has 0 saturated heterocycles. The van der Waals surface area contributed by atoms with Crippen molar-refractivity contribution in [2.75, 3.05) is 0 Å². The Labute approximate surface area is 82.8 Å². The van der Waals surface area contributed by atoms with Gasteiger partial charge in [0.2, 0.25) is 0 Å². The lowest BCUT2D eigenvalue weighted by Gasteiger charge is -2.27. The number of thiophene rings is 1. The van der Waals surface area contributed by atoms with Crippen molar-refractivity contribution in [2.45, 2.75) is 38.9 Å². The van der Waals surface area contributed by atoms with Gasteiger partial charge in [0.1, 0.15) is 6.10 Å². The molecule has 1 aromatic heterocycles. The molecule has 1 heterocycles. The van der Waals surface area contributed by atoms with Crippen LogP contribution in [0.4, 0.5) is 0 Å². The van der Waals surface area contributed by atoms with Crippen LogP contribution >= 0.6 is 11.3 Å². The molecule has 2 atom stereocenters. The summed E-state index contributed by atoms with van der Waals surface area (Å²) in [5, 5.41) is 21.5. The minimum Gasteiger partial charge on any atom is -0.387 e. The molecule has 0 saturated carbocycles. The topological polar surface area (TPSA) is 40.5 Å². The molecule has 1 aromatic rings. The largest absolute Gasteiger partial charge is 0.387 e. The van der Waals surface area contributed by atoms with Crippen LogP contribution in [0.2, 0.25) is 0 Å². The first-order valence-electron chi connectivity index (χ1n) is 4.43. The number of aryl methyl sites for hydroxylation is 1. The Kier molecular flexibility index (Phi) is 3.11. The second-order valence-corrected chi connectivity index (χ2v) is 4.72. The summed E-state index contributed by atoms with van der Waals surface area (Å²) in [6.45, 7) is 5.51. The number of aliphatic hydroxyl groups is 2. The van der Waals surface area contributed by atoms with Gasteiger partial charge in [0, 0.05) is 4.88 Å². The predicted molar refractivity (Wildman–Crippen MR) is 54.9 cm³/mol. The standard InChI is InChI=1S/C10H16O2S/c1-4-10(3,12)9(11)8-5-7(2)13-6-8/h5-6,9,11-12H,4H2,1-3H3. The molecular formula is C10H16O2S. The average molecular weight is 200 g/mol. The molecule has 0 bridgehead atoms. The van der Waals surface area contributed by atoms with E-state index in [-0.39, 0.29) is 0 Å². The highest BCUT2D eigenvalue weighted by Gasteiger charge is 2.29. The van der Waals surface area contributed by atoms with Crippen LogP contribution in [0.15, 0.2) is 11.4 Å². The Bertz CT molecular complexity index is 278. The van der Waals surface area contributed by atoms with Gasteiger partial charge < -0.3 is 10.2 Å². The summed E-state index contributed by atoms with van der Waals surface area (Å²) < 4.78 is 0. The average Bonchev–Trinajstić information content (AvgIpc) is 2.50. The molecule has 0 spiro atoms. The lowest BCUT2D eigenvalue weighted by molar-refractivity contribution is -0.0656. The van der Waals surface area contributed by atoms with Crippen LogP contribution in [0.3, 0.4) is 0 Å². The molecule has 2 N–H and O–H groups in total. The van der Waals surface area contributed by atoms with E-state index >= 15 is 0 Å². The predicted octanol–water partition coefficient (Wildman–Crippen LogP) is 2.25. The van der Waals surface area contributed by atoms with E-state index in [0.29, 0.717) is 6.42 Å². The van der Waals surface area contributed by atoms with Gasteiger partial charge in [-0.15, -0.1) is 11.3 Å². The van der Waals surface area contributed by atoms with Crippen LogP contribution in [0.1, 0.15) is 36.8 Å². The van der Waals surface area contributed by atoms with Crippen LogP contribution in [0.5, 0.6) is 0 Å². The van der Waals surface area contributed by atoms with Gasteiger partial charge in [0.25, 0.3) is 0 Å². The van der Waals surface area contributed by atoms with Crippen molar-refractivity contribution < 1.29 is 10.2 Å². The molecule has 0 aliphatic rings. The van der Waals surface area contributed by atoms with E-state index in [1.807, 2.05) is 25.3 Å². The molecule has 0 radical (unpaired) electrons. The zero-order chi connectivity index (χ0) is 10.1. The minimum atomic E-state index is -1.02. The van der Waals surface area contributed by atoms with Crippen molar-refractivity contribution in [3.05, 3.63) is 21.9 Å². The quantitative estimate of drug-likeness (QED) is 0.785. The zero-order valence-electron chi connectivity index (χ0n) is 8.24. The second kappa shape index (κ2) is 3.78. The summed E-state index contributed by atoms with van der Waals surface area (Å²) in [5.41, 5.74) is -0.206. The van der Waals surface area contributed by atoms with Gasteiger partial charge in [0.05, 0.1) is 5.60 Å².